The number of ether oxygens (including phenoxy) is 2. The Balaban J connectivity index is 1.45. The van der Waals surface area contributed by atoms with Gasteiger partial charge >= 0.3 is 0 Å². The highest BCUT2D eigenvalue weighted by Crippen LogP contribution is 2.31. The van der Waals surface area contributed by atoms with Crippen molar-refractivity contribution >= 4 is 5.91 Å². The molecule has 2 bridgehead atoms. The van der Waals surface area contributed by atoms with Gasteiger partial charge in [0.05, 0.1) is 6.20 Å². The average molecular weight is 275 g/mol. The van der Waals surface area contributed by atoms with Gasteiger partial charge in [-0.25, -0.2) is 4.98 Å². The lowest BCUT2D eigenvalue weighted by atomic mass is 9.97. The number of aromatic nitrogens is 1. The van der Waals surface area contributed by atoms with E-state index in [1.807, 2.05) is 0 Å². The number of nitrogens with one attached hydrogen (secondary N) is 1. The Morgan fingerprint density at radius 3 is 3.15 bits per heavy atom. The second kappa shape index (κ2) is 4.63. The Kier molecular flexibility index (Phi) is 2.77. The lowest BCUT2D eigenvalue weighted by Gasteiger charge is -2.30. The minimum absolute atomic E-state index is 0.129. The van der Waals surface area contributed by atoms with E-state index in [4.69, 9.17) is 9.47 Å². The molecular formula is C14H17N3O3. The van der Waals surface area contributed by atoms with Crippen LogP contribution < -0.4 is 14.8 Å². The van der Waals surface area contributed by atoms with E-state index in [0.717, 1.165) is 18.9 Å². The van der Waals surface area contributed by atoms with Gasteiger partial charge in [0.2, 0.25) is 6.79 Å². The van der Waals surface area contributed by atoms with Crippen LogP contribution in [0.2, 0.25) is 0 Å². The fourth-order valence-electron chi connectivity index (χ4n) is 3.35. The fourth-order valence-corrected chi connectivity index (χ4v) is 3.35. The number of rotatable bonds is 2. The van der Waals surface area contributed by atoms with Crippen molar-refractivity contribution in [2.45, 2.75) is 18.9 Å². The molecule has 0 aromatic carbocycles. The van der Waals surface area contributed by atoms with Crippen LogP contribution in [0.25, 0.3) is 0 Å². The van der Waals surface area contributed by atoms with Crippen LogP contribution >= 0.6 is 0 Å². The summed E-state index contributed by atoms with van der Waals surface area (Å²) >= 11 is 0. The molecule has 1 unspecified atom stereocenters. The maximum Gasteiger partial charge on any atom is 0.270 e. The molecule has 2 fully saturated rings. The lowest BCUT2D eigenvalue weighted by Crippen LogP contribution is -2.47. The third-order valence-corrected chi connectivity index (χ3v) is 4.29. The number of carbonyl (C=O) groups is 1. The summed E-state index contributed by atoms with van der Waals surface area (Å²) in [7, 11) is 0. The standard InChI is InChI=1S/C14H17N3O3/c18-14(11-4-12-13(5-15-11)20-8-19-12)16-10-3-9-1-2-17(6-9)7-10/h4-5,9-10H,1-3,6-8H2,(H,16,18)/t9-,10+/m0/s1. The molecule has 0 saturated carbocycles. The average Bonchev–Trinajstić information content (AvgIpc) is 3.04. The van der Waals surface area contributed by atoms with Crippen LogP contribution in [0.15, 0.2) is 12.3 Å². The van der Waals surface area contributed by atoms with Crippen molar-refractivity contribution in [2.75, 3.05) is 26.4 Å². The molecule has 3 aliphatic rings. The number of nitrogens with zero attached hydrogens (tertiary/aromatic N) is 2. The quantitative estimate of drug-likeness (QED) is 0.858. The number of hydrogen-bond acceptors (Lipinski definition) is 5. The molecule has 0 spiro atoms. The topological polar surface area (TPSA) is 63.7 Å². The highest BCUT2D eigenvalue weighted by Gasteiger charge is 2.33. The van der Waals surface area contributed by atoms with E-state index in [-0.39, 0.29) is 18.7 Å². The number of amides is 1. The van der Waals surface area contributed by atoms with Crippen molar-refractivity contribution in [3.05, 3.63) is 18.0 Å². The molecule has 1 aromatic rings. The van der Waals surface area contributed by atoms with Crippen molar-refractivity contribution in [3.8, 4) is 11.5 Å². The minimum atomic E-state index is -0.129. The van der Waals surface area contributed by atoms with Crippen LogP contribution in [0.4, 0.5) is 0 Å². The monoisotopic (exact) mass is 275 g/mol. The van der Waals surface area contributed by atoms with Crippen LogP contribution in [-0.2, 0) is 0 Å². The maximum absolute atomic E-state index is 12.3. The molecule has 20 heavy (non-hydrogen) atoms. The van der Waals surface area contributed by atoms with Gasteiger partial charge in [0.15, 0.2) is 11.5 Å². The minimum Gasteiger partial charge on any atom is -0.453 e. The Morgan fingerprint density at radius 2 is 2.25 bits per heavy atom. The lowest BCUT2D eigenvalue weighted by molar-refractivity contribution is 0.0904. The maximum atomic E-state index is 12.3. The van der Waals surface area contributed by atoms with Crippen LogP contribution in [0.5, 0.6) is 11.5 Å². The molecule has 0 radical (unpaired) electrons. The van der Waals surface area contributed by atoms with E-state index < -0.39 is 0 Å². The first-order chi connectivity index (χ1) is 9.78. The summed E-state index contributed by atoms with van der Waals surface area (Å²) in [5.41, 5.74) is 0.391. The summed E-state index contributed by atoms with van der Waals surface area (Å²) in [6.45, 7) is 3.50. The van der Waals surface area contributed by atoms with Crippen molar-refractivity contribution in [1.82, 2.24) is 15.2 Å². The van der Waals surface area contributed by atoms with Gasteiger partial charge in [0.25, 0.3) is 5.91 Å². The summed E-state index contributed by atoms with van der Waals surface area (Å²) in [6.07, 6.45) is 3.88. The second-order valence-corrected chi connectivity index (χ2v) is 5.74. The second-order valence-electron chi connectivity index (χ2n) is 5.74. The first-order valence-electron chi connectivity index (χ1n) is 7.07. The molecular weight excluding hydrogens is 258 g/mol. The smallest absolute Gasteiger partial charge is 0.270 e. The number of hydrogen-bond donors (Lipinski definition) is 1. The molecule has 4 rings (SSSR count). The van der Waals surface area contributed by atoms with E-state index in [1.54, 1.807) is 12.3 Å². The molecule has 1 aromatic heterocycles. The zero-order valence-electron chi connectivity index (χ0n) is 11.2. The molecule has 0 aliphatic carbocycles. The Labute approximate surface area is 117 Å². The first-order valence-corrected chi connectivity index (χ1v) is 7.07. The van der Waals surface area contributed by atoms with E-state index in [1.165, 1.54) is 19.5 Å². The molecule has 6 heteroatoms. The van der Waals surface area contributed by atoms with Gasteiger partial charge in [-0.15, -0.1) is 0 Å². The predicted molar refractivity (Wildman–Crippen MR) is 70.8 cm³/mol. The van der Waals surface area contributed by atoms with E-state index >= 15 is 0 Å². The zero-order chi connectivity index (χ0) is 13.5. The van der Waals surface area contributed by atoms with Crippen LogP contribution in [-0.4, -0.2) is 48.3 Å². The Bertz CT molecular complexity index is 536. The predicted octanol–water partition coefficient (Wildman–Crippen LogP) is 0.634. The number of pyridine rings is 1. The molecule has 4 heterocycles. The zero-order valence-corrected chi connectivity index (χ0v) is 11.2. The van der Waals surface area contributed by atoms with Crippen molar-refractivity contribution in [2.24, 2.45) is 5.92 Å². The highest BCUT2D eigenvalue weighted by atomic mass is 16.7. The number of fused-ring (bicyclic) bond motifs is 3. The molecule has 3 aliphatic heterocycles. The van der Waals surface area contributed by atoms with Gasteiger partial charge in [0.1, 0.15) is 5.69 Å². The van der Waals surface area contributed by atoms with E-state index in [2.05, 4.69) is 15.2 Å². The van der Waals surface area contributed by atoms with Crippen molar-refractivity contribution < 1.29 is 14.3 Å². The molecule has 1 amide bonds. The number of carbonyl (C=O) groups excluding carboxylic acids is 1. The van der Waals surface area contributed by atoms with E-state index in [9.17, 15) is 4.79 Å². The normalized spacial score (nSPS) is 30.3. The molecule has 2 saturated heterocycles. The summed E-state index contributed by atoms with van der Waals surface area (Å²) in [6, 6.07) is 1.88. The Hall–Kier alpha value is -1.82. The number of piperidine rings is 1. The summed E-state index contributed by atoms with van der Waals surface area (Å²) < 4.78 is 10.5. The van der Waals surface area contributed by atoms with Crippen LogP contribution in [0, 0.1) is 5.92 Å². The van der Waals surface area contributed by atoms with Crippen molar-refractivity contribution in [3.63, 3.8) is 0 Å². The van der Waals surface area contributed by atoms with Crippen LogP contribution in [0.3, 0.4) is 0 Å². The first kappa shape index (κ1) is 12.0. The molecule has 106 valence electrons. The van der Waals surface area contributed by atoms with Crippen LogP contribution in [0.1, 0.15) is 23.3 Å². The van der Waals surface area contributed by atoms with Gasteiger partial charge in [-0.05, 0) is 25.3 Å². The highest BCUT2D eigenvalue weighted by molar-refractivity contribution is 5.93. The van der Waals surface area contributed by atoms with Gasteiger partial charge in [0, 0.05) is 25.2 Å². The SMILES string of the molecule is O=C(N[C@@H]1C[C@@H]2CCN(C2)C1)c1cc2c(cn1)OCO2. The fraction of sp³-hybridized carbons (Fsp3) is 0.571. The van der Waals surface area contributed by atoms with E-state index in [0.29, 0.717) is 17.2 Å². The molecule has 6 nitrogen and oxygen atoms in total. The third kappa shape index (κ3) is 2.10. The van der Waals surface area contributed by atoms with Gasteiger partial charge in [-0.3, -0.25) is 4.79 Å². The third-order valence-electron chi connectivity index (χ3n) is 4.29. The van der Waals surface area contributed by atoms with Crippen molar-refractivity contribution in [1.29, 1.82) is 0 Å². The largest absolute Gasteiger partial charge is 0.453 e. The van der Waals surface area contributed by atoms with Gasteiger partial charge in [-0.2, -0.15) is 0 Å². The summed E-state index contributed by atoms with van der Waals surface area (Å²) in [4.78, 5) is 18.8. The molecule has 3 atom stereocenters. The Morgan fingerprint density at radius 1 is 1.35 bits per heavy atom. The summed E-state index contributed by atoms with van der Waals surface area (Å²) in [5.74, 6) is 1.80. The van der Waals surface area contributed by atoms with Gasteiger partial charge < -0.3 is 19.7 Å². The molecule has 1 N–H and O–H groups in total. The van der Waals surface area contributed by atoms with Gasteiger partial charge in [-0.1, -0.05) is 0 Å². The summed E-state index contributed by atoms with van der Waals surface area (Å²) in [5, 5.41) is 3.09.